The van der Waals surface area contributed by atoms with Crippen LogP contribution in [0, 0.1) is 5.92 Å². The van der Waals surface area contributed by atoms with Crippen molar-refractivity contribution in [2.45, 2.75) is 38.4 Å². The molecule has 4 heteroatoms. The molecule has 0 unspecified atom stereocenters. The Morgan fingerprint density at radius 1 is 1.77 bits per heavy atom. The predicted molar refractivity (Wildman–Crippen MR) is 48.9 cm³/mol. The van der Waals surface area contributed by atoms with Crippen LogP contribution in [0.1, 0.15) is 26.7 Å². The van der Waals surface area contributed by atoms with Gasteiger partial charge in [0.1, 0.15) is 5.67 Å². The highest BCUT2D eigenvalue weighted by atomic mass is 19.1. The van der Waals surface area contributed by atoms with Gasteiger partial charge >= 0.3 is 0 Å². The van der Waals surface area contributed by atoms with Crippen molar-refractivity contribution in [1.82, 2.24) is 5.32 Å². The number of hydrogen-bond donors (Lipinski definition) is 2. The quantitative estimate of drug-likeness (QED) is 0.681. The summed E-state index contributed by atoms with van der Waals surface area (Å²) in [7, 11) is 0. The van der Waals surface area contributed by atoms with Crippen molar-refractivity contribution in [3.8, 4) is 0 Å². The molecule has 13 heavy (non-hydrogen) atoms. The maximum absolute atomic E-state index is 13.1. The summed E-state index contributed by atoms with van der Waals surface area (Å²) in [6.07, 6.45) is 0.816. The summed E-state index contributed by atoms with van der Waals surface area (Å²) in [5, 5.41) is 2.64. The van der Waals surface area contributed by atoms with Crippen LogP contribution < -0.4 is 11.1 Å². The van der Waals surface area contributed by atoms with E-state index in [9.17, 15) is 9.18 Å². The van der Waals surface area contributed by atoms with Gasteiger partial charge in [0.15, 0.2) is 0 Å². The highest BCUT2D eigenvalue weighted by Gasteiger charge is 2.45. The van der Waals surface area contributed by atoms with Crippen LogP contribution in [0.2, 0.25) is 0 Å². The number of amides is 1. The molecule has 1 amide bonds. The summed E-state index contributed by atoms with van der Waals surface area (Å²) in [6, 6.07) is -0.538. The Hall–Kier alpha value is -0.640. The molecule has 76 valence electrons. The van der Waals surface area contributed by atoms with E-state index < -0.39 is 11.7 Å². The van der Waals surface area contributed by atoms with E-state index in [1.807, 2.05) is 6.92 Å². The van der Waals surface area contributed by atoms with Gasteiger partial charge in [-0.05, 0) is 32.6 Å². The number of halogens is 1. The second kappa shape index (κ2) is 3.62. The molecule has 3 nitrogen and oxygen atoms in total. The molecule has 1 aliphatic rings. The monoisotopic (exact) mass is 188 g/mol. The summed E-state index contributed by atoms with van der Waals surface area (Å²) in [5.74, 6) is -0.149. The molecule has 1 atom stereocenters. The first-order valence-electron chi connectivity index (χ1n) is 4.68. The molecular weight excluding hydrogens is 171 g/mol. The van der Waals surface area contributed by atoms with Crippen molar-refractivity contribution < 1.29 is 9.18 Å². The molecule has 0 radical (unpaired) electrons. The van der Waals surface area contributed by atoms with E-state index in [1.165, 1.54) is 0 Å². The topological polar surface area (TPSA) is 55.1 Å². The Balaban J connectivity index is 2.34. The van der Waals surface area contributed by atoms with Gasteiger partial charge in [-0.15, -0.1) is 0 Å². The van der Waals surface area contributed by atoms with Gasteiger partial charge in [0.05, 0.1) is 6.04 Å². The van der Waals surface area contributed by atoms with Gasteiger partial charge in [-0.2, -0.15) is 0 Å². The zero-order chi connectivity index (χ0) is 10.1. The minimum absolute atomic E-state index is 0.0153. The predicted octanol–water partition coefficient (Wildman–Crippen LogP) is 0.588. The standard InChI is InChI=1S/C9H17FN2O/c1-3-12-8(13)7(11)6-4-9(2,10)5-6/h6-7H,3-5,11H2,1-2H3,(H,12,13)/t6?,7-,9?/m1/s1. The molecule has 0 aliphatic heterocycles. The van der Waals surface area contributed by atoms with Crippen molar-refractivity contribution in [3.05, 3.63) is 0 Å². The van der Waals surface area contributed by atoms with Crippen molar-refractivity contribution in [2.24, 2.45) is 11.7 Å². The Morgan fingerprint density at radius 2 is 2.31 bits per heavy atom. The third kappa shape index (κ3) is 2.40. The molecule has 1 saturated carbocycles. The molecule has 0 heterocycles. The Labute approximate surface area is 77.9 Å². The van der Waals surface area contributed by atoms with Crippen LogP contribution in [0.25, 0.3) is 0 Å². The van der Waals surface area contributed by atoms with E-state index >= 15 is 0 Å². The lowest BCUT2D eigenvalue weighted by atomic mass is 9.70. The second-order valence-electron chi connectivity index (χ2n) is 4.00. The first-order valence-corrected chi connectivity index (χ1v) is 4.68. The molecule has 1 aliphatic carbocycles. The number of nitrogens with one attached hydrogen (secondary N) is 1. The van der Waals surface area contributed by atoms with Gasteiger partial charge in [-0.3, -0.25) is 4.79 Å². The Bertz CT molecular complexity index is 198. The lowest BCUT2D eigenvalue weighted by molar-refractivity contribution is -0.125. The van der Waals surface area contributed by atoms with E-state index in [4.69, 9.17) is 5.73 Å². The van der Waals surface area contributed by atoms with Crippen molar-refractivity contribution >= 4 is 5.91 Å². The van der Waals surface area contributed by atoms with E-state index in [-0.39, 0.29) is 11.8 Å². The van der Waals surface area contributed by atoms with Crippen molar-refractivity contribution in [1.29, 1.82) is 0 Å². The third-order valence-electron chi connectivity index (χ3n) is 2.54. The first-order chi connectivity index (χ1) is 5.96. The van der Waals surface area contributed by atoms with E-state index in [0.717, 1.165) is 0 Å². The maximum Gasteiger partial charge on any atom is 0.237 e. The van der Waals surface area contributed by atoms with Crippen molar-refractivity contribution in [2.75, 3.05) is 6.54 Å². The summed E-state index contributed by atoms with van der Waals surface area (Å²) in [6.45, 7) is 3.96. The average molecular weight is 188 g/mol. The molecule has 1 rings (SSSR count). The second-order valence-corrected chi connectivity index (χ2v) is 4.00. The highest BCUT2D eigenvalue weighted by Crippen LogP contribution is 2.41. The van der Waals surface area contributed by atoms with E-state index in [0.29, 0.717) is 19.4 Å². The molecule has 1 fully saturated rings. The fourth-order valence-corrected chi connectivity index (χ4v) is 1.79. The molecular formula is C9H17FN2O. The SMILES string of the molecule is CCNC(=O)[C@H](N)C1CC(C)(F)C1. The number of nitrogens with two attached hydrogens (primary N) is 1. The zero-order valence-corrected chi connectivity index (χ0v) is 8.14. The summed E-state index contributed by atoms with van der Waals surface area (Å²) >= 11 is 0. The van der Waals surface area contributed by atoms with Crippen LogP contribution in [0.15, 0.2) is 0 Å². The van der Waals surface area contributed by atoms with E-state index in [1.54, 1.807) is 6.92 Å². The van der Waals surface area contributed by atoms with Crippen molar-refractivity contribution in [3.63, 3.8) is 0 Å². The van der Waals surface area contributed by atoms with Crippen LogP contribution in [0.5, 0.6) is 0 Å². The zero-order valence-electron chi connectivity index (χ0n) is 8.14. The maximum atomic E-state index is 13.1. The van der Waals surface area contributed by atoms with Gasteiger partial charge in [0, 0.05) is 6.54 Å². The largest absolute Gasteiger partial charge is 0.355 e. The molecule has 3 N–H and O–H groups in total. The number of carbonyl (C=O) groups is 1. The van der Waals surface area contributed by atoms with Gasteiger partial charge in [0.2, 0.25) is 5.91 Å². The molecule has 0 aromatic carbocycles. The van der Waals surface area contributed by atoms with Gasteiger partial charge < -0.3 is 11.1 Å². The number of carbonyl (C=O) groups excluding carboxylic acids is 1. The summed E-state index contributed by atoms with van der Waals surface area (Å²) in [4.78, 5) is 11.2. The minimum atomic E-state index is -1.10. The lowest BCUT2D eigenvalue weighted by Crippen LogP contribution is -2.53. The first kappa shape index (κ1) is 10.4. The van der Waals surface area contributed by atoms with Crippen LogP contribution >= 0.6 is 0 Å². The minimum Gasteiger partial charge on any atom is -0.355 e. The molecule has 0 aromatic heterocycles. The molecule has 0 aromatic rings. The van der Waals surface area contributed by atoms with Crippen LogP contribution in [-0.4, -0.2) is 24.2 Å². The summed E-state index contributed by atoms with van der Waals surface area (Å²) in [5.41, 5.74) is 4.55. The molecule has 0 bridgehead atoms. The number of likely N-dealkylation sites (N-methyl/N-ethyl adjacent to an activating group) is 1. The molecule has 0 saturated heterocycles. The van der Waals surface area contributed by atoms with Crippen LogP contribution in [-0.2, 0) is 4.79 Å². The third-order valence-corrected chi connectivity index (χ3v) is 2.54. The lowest BCUT2D eigenvalue weighted by Gasteiger charge is -2.41. The Morgan fingerprint density at radius 3 is 2.69 bits per heavy atom. The number of hydrogen-bond acceptors (Lipinski definition) is 2. The summed E-state index contributed by atoms with van der Waals surface area (Å²) < 4.78 is 13.1. The fraction of sp³-hybridized carbons (Fsp3) is 0.889. The van der Waals surface area contributed by atoms with Gasteiger partial charge in [0.25, 0.3) is 0 Å². The van der Waals surface area contributed by atoms with Gasteiger partial charge in [-0.1, -0.05) is 0 Å². The highest BCUT2D eigenvalue weighted by molar-refractivity contribution is 5.81. The van der Waals surface area contributed by atoms with Crippen LogP contribution in [0.3, 0.4) is 0 Å². The van der Waals surface area contributed by atoms with Crippen LogP contribution in [0.4, 0.5) is 4.39 Å². The normalized spacial score (nSPS) is 34.9. The van der Waals surface area contributed by atoms with E-state index in [2.05, 4.69) is 5.32 Å². The smallest absolute Gasteiger partial charge is 0.237 e. The fourth-order valence-electron chi connectivity index (χ4n) is 1.79. The Kier molecular flexibility index (Phi) is 2.91. The molecule has 0 spiro atoms. The average Bonchev–Trinajstić information content (AvgIpc) is 1.99. The number of rotatable bonds is 3. The number of alkyl halides is 1. The van der Waals surface area contributed by atoms with Gasteiger partial charge in [-0.25, -0.2) is 4.39 Å².